The molecule has 0 amide bonds. The Morgan fingerprint density at radius 1 is 1.50 bits per heavy atom. The highest BCUT2D eigenvalue weighted by Gasteiger charge is 2.59. The Bertz CT molecular complexity index is 357. The number of aliphatic hydroxyl groups is 1. The highest BCUT2D eigenvalue weighted by atomic mass is 16.6. The van der Waals surface area contributed by atoms with E-state index in [9.17, 15) is 5.11 Å². The maximum atomic E-state index is 9.23. The minimum Gasteiger partial charge on any atom is -0.480 e. The van der Waals surface area contributed by atoms with Crippen molar-refractivity contribution in [2.24, 2.45) is 21.7 Å². The molecule has 0 heterocycles. The lowest BCUT2D eigenvalue weighted by Crippen LogP contribution is -2.32. The third-order valence-corrected chi connectivity index (χ3v) is 5.05. The van der Waals surface area contributed by atoms with E-state index in [0.717, 1.165) is 12.3 Å². The summed E-state index contributed by atoms with van der Waals surface area (Å²) in [6, 6.07) is 0. The Morgan fingerprint density at radius 2 is 2.19 bits per heavy atom. The van der Waals surface area contributed by atoms with E-state index in [4.69, 9.17) is 0 Å². The highest BCUT2D eigenvalue weighted by molar-refractivity contribution is 5.94. The average Bonchev–Trinajstić information content (AvgIpc) is 2.58. The first-order valence-corrected chi connectivity index (χ1v) is 5.92. The molecule has 90 valence electrons. The van der Waals surface area contributed by atoms with Gasteiger partial charge in [-0.1, -0.05) is 20.8 Å². The number of rotatable bonds is 2. The molecule has 0 saturated heterocycles. The Hall–Kier alpha value is -0.990. The number of aliphatic hydroxyl groups excluding tert-OH is 1. The number of nitrogens with zero attached hydrogens (tertiary/aromatic N) is 1. The van der Waals surface area contributed by atoms with Gasteiger partial charge in [-0.2, -0.15) is 0 Å². The fourth-order valence-electron chi connectivity index (χ4n) is 3.31. The number of aliphatic imine (C=N–C) groups is 1. The second kappa shape index (κ2) is 3.51. The second-order valence-corrected chi connectivity index (χ2v) is 5.74. The fraction of sp³-hybridized carbons (Fsp3) is 0.769. The van der Waals surface area contributed by atoms with Gasteiger partial charge in [0.2, 0.25) is 0 Å². The lowest BCUT2D eigenvalue weighted by atomic mass is 9.70. The van der Waals surface area contributed by atoms with Gasteiger partial charge in [0.1, 0.15) is 6.20 Å². The summed E-state index contributed by atoms with van der Waals surface area (Å²) in [6.45, 7) is 6.98. The molecule has 2 saturated carbocycles. The topological polar surface area (TPSA) is 41.8 Å². The molecule has 0 aliphatic heterocycles. The molecule has 0 aromatic carbocycles. The van der Waals surface area contributed by atoms with Crippen LogP contribution in [0.4, 0.5) is 0 Å². The van der Waals surface area contributed by atoms with Crippen molar-refractivity contribution >= 4 is 5.71 Å². The molecule has 3 nitrogen and oxygen atoms in total. The molecule has 0 radical (unpaired) electrons. The molecule has 0 aromatic rings. The van der Waals surface area contributed by atoms with Crippen LogP contribution in [0.1, 0.15) is 40.0 Å². The van der Waals surface area contributed by atoms with Gasteiger partial charge in [0.15, 0.2) is 0 Å². The largest absolute Gasteiger partial charge is 0.480 e. The van der Waals surface area contributed by atoms with Crippen LogP contribution in [0, 0.1) is 16.7 Å². The third-order valence-electron chi connectivity index (χ3n) is 5.05. The van der Waals surface area contributed by atoms with E-state index in [2.05, 4.69) is 30.5 Å². The molecule has 2 aliphatic rings. The number of fused-ring (bicyclic) bond motifs is 2. The molecule has 0 unspecified atom stereocenters. The van der Waals surface area contributed by atoms with Crippen molar-refractivity contribution in [2.75, 3.05) is 7.11 Å². The predicted molar refractivity (Wildman–Crippen MR) is 64.4 cm³/mol. The van der Waals surface area contributed by atoms with E-state index in [-0.39, 0.29) is 11.4 Å². The van der Waals surface area contributed by atoms with Crippen LogP contribution in [0.25, 0.3) is 0 Å². The molecule has 2 bridgehead atoms. The zero-order valence-corrected chi connectivity index (χ0v) is 10.6. The maximum Gasteiger partial charge on any atom is 0.295 e. The van der Waals surface area contributed by atoms with E-state index >= 15 is 0 Å². The molecule has 2 atom stereocenters. The smallest absolute Gasteiger partial charge is 0.295 e. The lowest BCUT2D eigenvalue weighted by Gasteiger charge is -2.34. The summed E-state index contributed by atoms with van der Waals surface area (Å²) in [5.41, 5.74) is 1.75. The molecule has 2 fully saturated rings. The van der Waals surface area contributed by atoms with E-state index in [1.807, 2.05) is 0 Å². The molecule has 0 spiro atoms. The summed E-state index contributed by atoms with van der Waals surface area (Å²) in [7, 11) is 1.44. The molecule has 16 heavy (non-hydrogen) atoms. The summed E-state index contributed by atoms with van der Waals surface area (Å²) in [6.07, 6.45) is 5.02. The summed E-state index contributed by atoms with van der Waals surface area (Å²) in [5.74, 6) is 0.631. The van der Waals surface area contributed by atoms with Crippen molar-refractivity contribution in [3.05, 3.63) is 12.1 Å². The first kappa shape index (κ1) is 11.5. The first-order valence-electron chi connectivity index (χ1n) is 5.92. The van der Waals surface area contributed by atoms with Crippen molar-refractivity contribution in [1.82, 2.24) is 0 Å². The van der Waals surface area contributed by atoms with Gasteiger partial charge in [-0.05, 0) is 30.6 Å². The first-order chi connectivity index (χ1) is 7.41. The van der Waals surface area contributed by atoms with Crippen molar-refractivity contribution in [1.29, 1.82) is 0 Å². The SMILES string of the molecule is CO/C(O)=C/N=C1C[C@H]2CC[C@]1(C)C2(C)C. The number of hydrogen-bond acceptors (Lipinski definition) is 3. The van der Waals surface area contributed by atoms with Crippen molar-refractivity contribution in [3.8, 4) is 0 Å². The minimum atomic E-state index is -0.114. The third kappa shape index (κ3) is 1.37. The van der Waals surface area contributed by atoms with Gasteiger partial charge in [-0.15, -0.1) is 0 Å². The monoisotopic (exact) mass is 223 g/mol. The van der Waals surface area contributed by atoms with Crippen LogP contribution in [-0.4, -0.2) is 17.9 Å². The van der Waals surface area contributed by atoms with Crippen LogP contribution in [0.2, 0.25) is 0 Å². The van der Waals surface area contributed by atoms with Crippen LogP contribution in [0.15, 0.2) is 17.1 Å². The Morgan fingerprint density at radius 3 is 2.62 bits per heavy atom. The lowest BCUT2D eigenvalue weighted by molar-refractivity contribution is 0.135. The molecule has 3 heteroatoms. The normalized spacial score (nSPS) is 39.4. The molecular formula is C13H21NO2. The Balaban J connectivity index is 2.28. The number of hydrogen-bond donors (Lipinski definition) is 1. The number of methoxy groups -OCH3 is 1. The molecule has 0 aromatic heterocycles. The van der Waals surface area contributed by atoms with Gasteiger partial charge in [0.25, 0.3) is 5.95 Å². The standard InChI is InChI=1S/C13H21NO2/c1-12(2)9-5-6-13(12,3)10(7-9)14-8-11(15)16-4/h8-9,15H,5-7H2,1-4H3/b11-8+,14-10?/t9-,13+/m1/s1. The quantitative estimate of drug-likeness (QED) is 0.730. The van der Waals surface area contributed by atoms with Crippen LogP contribution in [0.3, 0.4) is 0 Å². The summed E-state index contributed by atoms with van der Waals surface area (Å²) in [4.78, 5) is 4.42. The van der Waals surface area contributed by atoms with Crippen molar-refractivity contribution in [2.45, 2.75) is 40.0 Å². The van der Waals surface area contributed by atoms with Crippen LogP contribution >= 0.6 is 0 Å². The van der Waals surface area contributed by atoms with Crippen LogP contribution < -0.4 is 0 Å². The zero-order chi connectivity index (χ0) is 12.0. The van der Waals surface area contributed by atoms with E-state index in [0.29, 0.717) is 5.41 Å². The fourth-order valence-corrected chi connectivity index (χ4v) is 3.31. The van der Waals surface area contributed by atoms with E-state index in [1.165, 1.54) is 31.9 Å². The second-order valence-electron chi connectivity index (χ2n) is 5.74. The maximum absolute atomic E-state index is 9.23. The van der Waals surface area contributed by atoms with Gasteiger partial charge in [0, 0.05) is 11.1 Å². The number of ether oxygens (including phenoxy) is 1. The summed E-state index contributed by atoms with van der Waals surface area (Å²) >= 11 is 0. The van der Waals surface area contributed by atoms with Gasteiger partial charge < -0.3 is 9.84 Å². The molecule has 2 rings (SSSR count). The van der Waals surface area contributed by atoms with E-state index < -0.39 is 0 Å². The Labute approximate surface area is 97.2 Å². The Kier molecular flexibility index (Phi) is 2.52. The zero-order valence-electron chi connectivity index (χ0n) is 10.6. The molecule has 2 aliphatic carbocycles. The van der Waals surface area contributed by atoms with Gasteiger partial charge in [0.05, 0.1) is 7.11 Å². The van der Waals surface area contributed by atoms with E-state index in [1.54, 1.807) is 0 Å². The van der Waals surface area contributed by atoms with Gasteiger partial charge in [-0.25, -0.2) is 0 Å². The average molecular weight is 223 g/mol. The summed E-state index contributed by atoms with van der Waals surface area (Å²) < 4.78 is 4.68. The van der Waals surface area contributed by atoms with Crippen molar-refractivity contribution < 1.29 is 9.84 Å². The predicted octanol–water partition coefficient (Wildman–Crippen LogP) is 3.28. The van der Waals surface area contributed by atoms with Crippen molar-refractivity contribution in [3.63, 3.8) is 0 Å². The molecular weight excluding hydrogens is 202 g/mol. The molecule has 1 N–H and O–H groups in total. The van der Waals surface area contributed by atoms with Gasteiger partial charge in [-0.3, -0.25) is 4.99 Å². The van der Waals surface area contributed by atoms with Crippen LogP contribution in [-0.2, 0) is 4.74 Å². The van der Waals surface area contributed by atoms with Crippen LogP contribution in [0.5, 0.6) is 0 Å². The highest BCUT2D eigenvalue weighted by Crippen LogP contribution is 2.63. The van der Waals surface area contributed by atoms with Gasteiger partial charge >= 0.3 is 0 Å². The summed E-state index contributed by atoms with van der Waals surface area (Å²) in [5, 5.41) is 9.23. The minimum absolute atomic E-state index is 0.114.